The van der Waals surface area contributed by atoms with Crippen molar-refractivity contribution in [3.8, 4) is 0 Å². The Hall–Kier alpha value is -0.610. The van der Waals surface area contributed by atoms with Gasteiger partial charge >= 0.3 is 0 Å². The zero-order valence-corrected chi connectivity index (χ0v) is 10.00. The van der Waals surface area contributed by atoms with Gasteiger partial charge in [-0.2, -0.15) is 0 Å². The van der Waals surface area contributed by atoms with Gasteiger partial charge in [0.25, 0.3) is 0 Å². The summed E-state index contributed by atoms with van der Waals surface area (Å²) in [6.45, 7) is 0. The summed E-state index contributed by atoms with van der Waals surface area (Å²) in [6, 6.07) is 0.196. The van der Waals surface area contributed by atoms with Crippen molar-refractivity contribution < 1.29 is 9.53 Å². The lowest BCUT2D eigenvalue weighted by molar-refractivity contribution is -0.124. The molecule has 0 aromatic rings. The van der Waals surface area contributed by atoms with Gasteiger partial charge in [-0.25, -0.2) is 0 Å². The molecule has 2 unspecified atom stereocenters. The third kappa shape index (κ3) is 2.55. The molecule has 0 bridgehead atoms. The Morgan fingerprint density at radius 3 is 2.75 bits per heavy atom. The van der Waals surface area contributed by atoms with Gasteiger partial charge in [-0.05, 0) is 38.5 Å². The number of hydrogen-bond donors (Lipinski definition) is 2. The largest absolute Gasteiger partial charge is 0.379 e. The van der Waals surface area contributed by atoms with Crippen LogP contribution in [-0.2, 0) is 9.53 Å². The maximum atomic E-state index is 11.8. The highest BCUT2D eigenvalue weighted by Crippen LogP contribution is 2.32. The van der Waals surface area contributed by atoms with Crippen LogP contribution in [-0.4, -0.2) is 30.7 Å². The summed E-state index contributed by atoms with van der Waals surface area (Å²) >= 11 is 0. The molecular weight excluding hydrogens is 204 g/mol. The Kier molecular flexibility index (Phi) is 3.50. The average Bonchev–Trinajstić information content (AvgIpc) is 2.62. The monoisotopic (exact) mass is 226 g/mol. The van der Waals surface area contributed by atoms with E-state index >= 15 is 0 Å². The third-order valence-corrected chi connectivity index (χ3v) is 3.96. The van der Waals surface area contributed by atoms with Crippen LogP contribution in [0.2, 0.25) is 0 Å². The van der Waals surface area contributed by atoms with Gasteiger partial charge in [-0.3, -0.25) is 4.79 Å². The van der Waals surface area contributed by atoms with Crippen molar-refractivity contribution in [2.45, 2.75) is 62.6 Å². The molecule has 0 radical (unpaired) electrons. The molecule has 0 aromatic carbocycles. The quantitative estimate of drug-likeness (QED) is 0.750. The summed E-state index contributed by atoms with van der Waals surface area (Å²) in [5, 5.41) is 3.06. The number of hydrogen-bond acceptors (Lipinski definition) is 3. The number of carbonyl (C=O) groups is 1. The van der Waals surface area contributed by atoms with Crippen molar-refractivity contribution in [2.24, 2.45) is 5.73 Å². The normalized spacial score (nSPS) is 32.1. The summed E-state index contributed by atoms with van der Waals surface area (Å²) in [5.74, 6) is 0.0937. The first-order valence-corrected chi connectivity index (χ1v) is 6.24. The Balaban J connectivity index is 1.78. The molecule has 3 N–H and O–H groups in total. The highest BCUT2D eigenvalue weighted by atomic mass is 16.5. The minimum absolute atomic E-state index is 0.0937. The zero-order valence-electron chi connectivity index (χ0n) is 10.00. The van der Waals surface area contributed by atoms with Gasteiger partial charge in [-0.15, -0.1) is 0 Å². The number of ether oxygens (including phenoxy) is 1. The molecule has 4 nitrogen and oxygen atoms in total. The number of amides is 1. The van der Waals surface area contributed by atoms with Gasteiger partial charge in [0.2, 0.25) is 5.91 Å². The highest BCUT2D eigenvalue weighted by Gasteiger charge is 2.36. The molecule has 0 saturated heterocycles. The van der Waals surface area contributed by atoms with Crippen LogP contribution in [0.4, 0.5) is 0 Å². The molecule has 2 aliphatic carbocycles. The van der Waals surface area contributed by atoms with Crippen molar-refractivity contribution in [3.63, 3.8) is 0 Å². The van der Waals surface area contributed by atoms with Crippen molar-refractivity contribution in [1.82, 2.24) is 5.32 Å². The van der Waals surface area contributed by atoms with Gasteiger partial charge in [0, 0.05) is 19.1 Å². The zero-order chi connectivity index (χ0) is 11.6. The number of nitrogens with two attached hydrogens (primary N) is 1. The second-order valence-electron chi connectivity index (χ2n) is 5.27. The maximum absolute atomic E-state index is 11.8. The fourth-order valence-corrected chi connectivity index (χ4v) is 2.76. The van der Waals surface area contributed by atoms with E-state index in [-0.39, 0.29) is 23.6 Å². The lowest BCUT2D eigenvalue weighted by atomic mass is 9.75. The van der Waals surface area contributed by atoms with Crippen LogP contribution in [0.1, 0.15) is 44.9 Å². The van der Waals surface area contributed by atoms with Gasteiger partial charge in [0.15, 0.2) is 0 Å². The van der Waals surface area contributed by atoms with E-state index in [2.05, 4.69) is 5.32 Å². The number of methoxy groups -OCH3 is 1. The fourth-order valence-electron chi connectivity index (χ4n) is 2.76. The van der Waals surface area contributed by atoms with E-state index in [1.807, 2.05) is 0 Å². The first-order chi connectivity index (χ1) is 7.63. The van der Waals surface area contributed by atoms with E-state index in [1.54, 1.807) is 7.11 Å². The smallest absolute Gasteiger partial charge is 0.222 e. The van der Waals surface area contributed by atoms with E-state index in [0.717, 1.165) is 38.5 Å². The molecule has 1 amide bonds. The van der Waals surface area contributed by atoms with Gasteiger partial charge in [0.1, 0.15) is 0 Å². The molecule has 0 aromatic heterocycles. The van der Waals surface area contributed by atoms with Gasteiger partial charge < -0.3 is 15.8 Å². The second kappa shape index (κ2) is 4.72. The van der Waals surface area contributed by atoms with E-state index < -0.39 is 0 Å². The van der Waals surface area contributed by atoms with Crippen LogP contribution in [0, 0.1) is 0 Å². The Labute approximate surface area is 96.9 Å². The molecular formula is C12H22N2O2. The van der Waals surface area contributed by atoms with E-state index in [9.17, 15) is 4.79 Å². The molecule has 92 valence electrons. The highest BCUT2D eigenvalue weighted by molar-refractivity contribution is 5.77. The summed E-state index contributed by atoms with van der Waals surface area (Å²) < 4.78 is 5.35. The van der Waals surface area contributed by atoms with Crippen LogP contribution in [0.25, 0.3) is 0 Å². The predicted octanol–water partition coefficient (Wildman–Crippen LogP) is 0.942. The fraction of sp³-hybridized carbons (Fsp3) is 0.917. The lowest BCUT2D eigenvalue weighted by Crippen LogP contribution is -2.51. The first kappa shape index (κ1) is 11.9. The Morgan fingerprint density at radius 1 is 1.44 bits per heavy atom. The molecule has 2 aliphatic rings. The first-order valence-electron chi connectivity index (χ1n) is 6.24. The minimum Gasteiger partial charge on any atom is -0.379 e. The molecule has 2 saturated carbocycles. The van der Waals surface area contributed by atoms with Crippen molar-refractivity contribution in [1.29, 1.82) is 0 Å². The lowest BCUT2D eigenvalue weighted by Gasteiger charge is -2.37. The van der Waals surface area contributed by atoms with Gasteiger partial charge in [-0.1, -0.05) is 0 Å². The van der Waals surface area contributed by atoms with Crippen LogP contribution in [0.3, 0.4) is 0 Å². The second-order valence-corrected chi connectivity index (χ2v) is 5.27. The van der Waals surface area contributed by atoms with Crippen LogP contribution in [0.5, 0.6) is 0 Å². The third-order valence-electron chi connectivity index (χ3n) is 3.96. The predicted molar refractivity (Wildman–Crippen MR) is 62.0 cm³/mol. The Bertz CT molecular complexity index is 264. The minimum atomic E-state index is -0.217. The van der Waals surface area contributed by atoms with Crippen LogP contribution in [0.15, 0.2) is 0 Å². The van der Waals surface area contributed by atoms with Crippen molar-refractivity contribution in [3.05, 3.63) is 0 Å². The molecule has 2 atom stereocenters. The molecule has 2 fully saturated rings. The summed E-state index contributed by atoms with van der Waals surface area (Å²) in [5.41, 5.74) is 5.84. The standard InChI is InChI=1S/C12H22N2O2/c1-16-10-5-2-4-9(10)14-11(15)8-12(13)6-3-7-12/h9-10H,2-8,13H2,1H3,(H,14,15). The summed E-state index contributed by atoms with van der Waals surface area (Å²) in [6.07, 6.45) is 7.01. The number of nitrogens with one attached hydrogen (secondary N) is 1. The van der Waals surface area contributed by atoms with Crippen LogP contribution >= 0.6 is 0 Å². The topological polar surface area (TPSA) is 64.3 Å². The summed E-state index contributed by atoms with van der Waals surface area (Å²) in [4.78, 5) is 11.8. The maximum Gasteiger partial charge on any atom is 0.222 e. The SMILES string of the molecule is COC1CCCC1NC(=O)CC1(N)CCC1. The molecule has 0 aliphatic heterocycles. The van der Waals surface area contributed by atoms with Crippen molar-refractivity contribution in [2.75, 3.05) is 7.11 Å². The summed E-state index contributed by atoms with van der Waals surface area (Å²) in [7, 11) is 1.71. The molecule has 2 rings (SSSR count). The number of rotatable bonds is 4. The van der Waals surface area contributed by atoms with Gasteiger partial charge in [0.05, 0.1) is 12.1 Å². The average molecular weight is 226 g/mol. The number of carbonyl (C=O) groups excluding carboxylic acids is 1. The van der Waals surface area contributed by atoms with Crippen LogP contribution < -0.4 is 11.1 Å². The van der Waals surface area contributed by atoms with Crippen molar-refractivity contribution >= 4 is 5.91 Å². The molecule has 4 heteroatoms. The van der Waals surface area contributed by atoms with E-state index in [4.69, 9.17) is 10.5 Å². The van der Waals surface area contributed by atoms with E-state index in [0.29, 0.717) is 6.42 Å². The molecule has 0 spiro atoms. The molecule has 0 heterocycles. The van der Waals surface area contributed by atoms with E-state index in [1.165, 1.54) is 0 Å². The Morgan fingerprint density at radius 2 is 2.19 bits per heavy atom. The molecule has 16 heavy (non-hydrogen) atoms.